The van der Waals surface area contributed by atoms with Crippen LogP contribution in [0.1, 0.15) is 12.0 Å². The van der Waals surface area contributed by atoms with Crippen LogP contribution in [0.25, 0.3) is 0 Å². The first-order valence-electron chi connectivity index (χ1n) is 6.01. The molecule has 0 unspecified atom stereocenters. The summed E-state index contributed by atoms with van der Waals surface area (Å²) in [5.74, 6) is 2.49. The summed E-state index contributed by atoms with van der Waals surface area (Å²) in [7, 11) is -1.79. The molecule has 20 heavy (non-hydrogen) atoms. The monoisotopic (exact) mass is 320 g/mol. The Bertz CT molecular complexity index is 523. The molecule has 1 atom stereocenters. The molecule has 0 aliphatic rings. The standard InChI is InChI=1S/C14H16ClF3OSi/c1-20(2,3)10-4-9-13(19,14(16,17)18)11-5-7-12(15)8-6-11/h5-8,19H,9H2,1-3H3/t13-/m0/s1. The summed E-state index contributed by atoms with van der Waals surface area (Å²) in [5, 5.41) is 10.4. The van der Waals surface area contributed by atoms with Crippen LogP contribution in [-0.4, -0.2) is 19.4 Å². The molecule has 1 rings (SSSR count). The van der Waals surface area contributed by atoms with Crippen molar-refractivity contribution in [1.82, 2.24) is 0 Å². The van der Waals surface area contributed by atoms with Crippen molar-refractivity contribution in [2.24, 2.45) is 0 Å². The van der Waals surface area contributed by atoms with Gasteiger partial charge in [0.1, 0.15) is 8.07 Å². The van der Waals surface area contributed by atoms with Crippen molar-refractivity contribution < 1.29 is 18.3 Å². The molecule has 0 aliphatic carbocycles. The lowest BCUT2D eigenvalue weighted by atomic mass is 9.90. The third-order valence-corrected chi connectivity index (χ3v) is 3.78. The molecule has 0 saturated carbocycles. The van der Waals surface area contributed by atoms with Crippen LogP contribution in [0.15, 0.2) is 24.3 Å². The minimum atomic E-state index is -4.80. The average molecular weight is 321 g/mol. The summed E-state index contributed by atoms with van der Waals surface area (Å²) < 4.78 is 39.5. The quantitative estimate of drug-likeness (QED) is 0.634. The molecule has 0 radical (unpaired) electrons. The van der Waals surface area contributed by atoms with Crippen molar-refractivity contribution in [2.45, 2.75) is 37.8 Å². The topological polar surface area (TPSA) is 20.2 Å². The lowest BCUT2D eigenvalue weighted by molar-refractivity contribution is -0.264. The molecule has 1 nitrogen and oxygen atoms in total. The van der Waals surface area contributed by atoms with Gasteiger partial charge in [-0.2, -0.15) is 13.2 Å². The van der Waals surface area contributed by atoms with E-state index in [0.717, 1.165) is 0 Å². The fourth-order valence-electron chi connectivity index (χ4n) is 1.53. The third kappa shape index (κ3) is 4.27. The highest BCUT2D eigenvalue weighted by Gasteiger charge is 2.54. The second-order valence-corrected chi connectivity index (χ2v) is 10.8. The smallest absolute Gasteiger partial charge is 0.376 e. The van der Waals surface area contributed by atoms with Gasteiger partial charge in [-0.05, 0) is 17.7 Å². The Morgan fingerprint density at radius 2 is 1.65 bits per heavy atom. The van der Waals surface area contributed by atoms with Gasteiger partial charge in [0, 0.05) is 5.02 Å². The second-order valence-electron chi connectivity index (χ2n) is 5.59. The fourth-order valence-corrected chi connectivity index (χ4v) is 2.27. The number of hydrogen-bond donors (Lipinski definition) is 1. The Hall–Kier alpha value is -0.963. The number of alkyl halides is 3. The number of hydrogen-bond acceptors (Lipinski definition) is 1. The first-order valence-corrected chi connectivity index (χ1v) is 9.89. The van der Waals surface area contributed by atoms with Gasteiger partial charge in [0.15, 0.2) is 5.60 Å². The third-order valence-electron chi connectivity index (χ3n) is 2.60. The van der Waals surface area contributed by atoms with Crippen LogP contribution in [0.4, 0.5) is 13.2 Å². The number of aliphatic hydroxyl groups is 1. The normalized spacial score (nSPS) is 15.2. The van der Waals surface area contributed by atoms with E-state index in [0.29, 0.717) is 5.02 Å². The zero-order valence-corrected chi connectivity index (χ0v) is 13.2. The SMILES string of the molecule is C[Si](C)(C)C#CC[C@](O)(c1ccc(Cl)cc1)C(F)(F)F. The lowest BCUT2D eigenvalue weighted by Crippen LogP contribution is -2.42. The van der Waals surface area contributed by atoms with Crippen molar-refractivity contribution in [3.63, 3.8) is 0 Å². The summed E-state index contributed by atoms with van der Waals surface area (Å²) in [6.07, 6.45) is -5.47. The molecule has 0 heterocycles. The first-order chi connectivity index (χ1) is 8.96. The Kier molecular flexibility index (Phi) is 4.96. The summed E-state index contributed by atoms with van der Waals surface area (Å²) in [5.41, 5.74) is -0.385. The molecule has 0 amide bonds. The van der Waals surface area contributed by atoms with Crippen molar-refractivity contribution in [3.8, 4) is 11.5 Å². The van der Waals surface area contributed by atoms with Gasteiger partial charge >= 0.3 is 6.18 Å². The molecule has 0 aliphatic heterocycles. The van der Waals surface area contributed by atoms with Gasteiger partial charge in [0.2, 0.25) is 0 Å². The minimum Gasteiger partial charge on any atom is -0.376 e. The van der Waals surface area contributed by atoms with Crippen molar-refractivity contribution >= 4 is 19.7 Å². The minimum absolute atomic E-state index is 0.251. The van der Waals surface area contributed by atoms with E-state index >= 15 is 0 Å². The largest absolute Gasteiger partial charge is 0.422 e. The van der Waals surface area contributed by atoms with Crippen LogP contribution in [-0.2, 0) is 5.60 Å². The van der Waals surface area contributed by atoms with E-state index in [9.17, 15) is 18.3 Å². The van der Waals surface area contributed by atoms with E-state index < -0.39 is 26.3 Å². The van der Waals surface area contributed by atoms with Crippen LogP contribution in [0, 0.1) is 11.5 Å². The predicted molar refractivity (Wildman–Crippen MR) is 77.1 cm³/mol. The van der Waals surface area contributed by atoms with Crippen LogP contribution < -0.4 is 0 Å². The van der Waals surface area contributed by atoms with E-state index in [1.807, 2.05) is 19.6 Å². The van der Waals surface area contributed by atoms with Crippen LogP contribution >= 0.6 is 11.6 Å². The summed E-state index contributed by atoms with van der Waals surface area (Å²) >= 11 is 5.65. The van der Waals surface area contributed by atoms with Crippen LogP contribution in [0.5, 0.6) is 0 Å². The fraction of sp³-hybridized carbons (Fsp3) is 0.429. The average Bonchev–Trinajstić information content (AvgIpc) is 2.26. The summed E-state index contributed by atoms with van der Waals surface area (Å²) in [6, 6.07) is 4.98. The van der Waals surface area contributed by atoms with E-state index in [2.05, 4.69) is 11.5 Å². The maximum Gasteiger partial charge on any atom is 0.422 e. The zero-order chi connectivity index (χ0) is 15.6. The molecule has 0 spiro atoms. The van der Waals surface area contributed by atoms with Gasteiger partial charge in [-0.1, -0.05) is 43.4 Å². The Morgan fingerprint density at radius 1 is 1.15 bits per heavy atom. The van der Waals surface area contributed by atoms with Gasteiger partial charge in [0.25, 0.3) is 0 Å². The molecule has 6 heteroatoms. The number of rotatable bonds is 2. The highest BCUT2D eigenvalue weighted by atomic mass is 35.5. The first kappa shape index (κ1) is 17.1. The Labute approximate surface area is 122 Å². The molecule has 1 N–H and O–H groups in total. The van der Waals surface area contributed by atoms with Crippen LogP contribution in [0.3, 0.4) is 0 Å². The van der Waals surface area contributed by atoms with Crippen molar-refractivity contribution in [1.29, 1.82) is 0 Å². The maximum atomic E-state index is 13.2. The highest BCUT2D eigenvalue weighted by molar-refractivity contribution is 6.83. The molecular weight excluding hydrogens is 305 g/mol. The van der Waals surface area contributed by atoms with Crippen LogP contribution in [0.2, 0.25) is 24.7 Å². The van der Waals surface area contributed by atoms with Gasteiger partial charge < -0.3 is 5.11 Å². The van der Waals surface area contributed by atoms with E-state index in [1.165, 1.54) is 24.3 Å². The van der Waals surface area contributed by atoms with E-state index in [1.54, 1.807) is 0 Å². The summed E-state index contributed by atoms with van der Waals surface area (Å²) in [4.78, 5) is 0. The molecule has 0 bridgehead atoms. The maximum absolute atomic E-state index is 13.2. The van der Waals surface area contributed by atoms with Gasteiger partial charge in [-0.15, -0.1) is 11.5 Å². The molecular formula is C14H16ClF3OSi. The summed E-state index contributed by atoms with van der Waals surface area (Å²) in [6.45, 7) is 5.78. The molecule has 1 aromatic carbocycles. The van der Waals surface area contributed by atoms with Gasteiger partial charge in [-0.25, -0.2) is 0 Å². The van der Waals surface area contributed by atoms with Crippen molar-refractivity contribution in [2.75, 3.05) is 0 Å². The number of halogens is 4. The Morgan fingerprint density at radius 3 is 2.05 bits per heavy atom. The van der Waals surface area contributed by atoms with Crippen molar-refractivity contribution in [3.05, 3.63) is 34.9 Å². The zero-order valence-electron chi connectivity index (χ0n) is 11.5. The molecule has 0 fully saturated rings. The van der Waals surface area contributed by atoms with E-state index in [-0.39, 0.29) is 5.56 Å². The van der Waals surface area contributed by atoms with Gasteiger partial charge in [-0.3, -0.25) is 0 Å². The Balaban J connectivity index is 3.17. The molecule has 110 valence electrons. The lowest BCUT2D eigenvalue weighted by Gasteiger charge is -2.29. The second kappa shape index (κ2) is 5.80. The highest BCUT2D eigenvalue weighted by Crippen LogP contribution is 2.41. The number of benzene rings is 1. The van der Waals surface area contributed by atoms with E-state index in [4.69, 9.17) is 11.6 Å². The predicted octanol–water partition coefficient (Wildman–Crippen LogP) is 4.36. The molecule has 0 aromatic heterocycles. The molecule has 0 saturated heterocycles. The van der Waals surface area contributed by atoms with Gasteiger partial charge in [0.05, 0.1) is 6.42 Å². The molecule has 1 aromatic rings.